The number of likely N-dealkylation sites (tertiary alicyclic amines) is 1. The molecule has 0 bridgehead atoms. The molecule has 0 aliphatic carbocycles. The highest BCUT2D eigenvalue weighted by atomic mass is 16.2. The van der Waals surface area contributed by atoms with Crippen LogP contribution >= 0.6 is 0 Å². The van der Waals surface area contributed by atoms with E-state index < -0.39 is 0 Å². The van der Waals surface area contributed by atoms with E-state index in [1.165, 1.54) is 6.42 Å². The lowest BCUT2D eigenvalue weighted by Crippen LogP contribution is -2.37. The molecule has 0 unspecified atom stereocenters. The summed E-state index contributed by atoms with van der Waals surface area (Å²) in [4.78, 5) is 18.3. The number of hydrogen-bond acceptors (Lipinski definition) is 3. The van der Waals surface area contributed by atoms with Gasteiger partial charge in [-0.3, -0.25) is 4.79 Å². The first-order valence-corrected chi connectivity index (χ1v) is 7.79. The molecule has 112 valence electrons. The van der Waals surface area contributed by atoms with Crippen LogP contribution in [0.5, 0.6) is 0 Å². The molecule has 2 rings (SSSR count). The van der Waals surface area contributed by atoms with Crippen molar-refractivity contribution < 1.29 is 4.79 Å². The number of imidazole rings is 1. The van der Waals surface area contributed by atoms with Crippen molar-refractivity contribution in [2.75, 3.05) is 19.6 Å². The zero-order chi connectivity index (χ0) is 14.2. The Balaban J connectivity index is 1.65. The molecule has 1 aromatic rings. The Hall–Kier alpha value is -1.36. The summed E-state index contributed by atoms with van der Waals surface area (Å²) in [6.07, 6.45) is 9.14. The Morgan fingerprint density at radius 3 is 2.90 bits per heavy atom. The van der Waals surface area contributed by atoms with Crippen molar-refractivity contribution in [3.8, 4) is 0 Å². The van der Waals surface area contributed by atoms with Crippen LogP contribution in [-0.2, 0) is 17.9 Å². The Labute approximate surface area is 121 Å². The summed E-state index contributed by atoms with van der Waals surface area (Å²) in [5, 5.41) is 3.33. The van der Waals surface area contributed by atoms with Gasteiger partial charge < -0.3 is 14.8 Å². The van der Waals surface area contributed by atoms with Gasteiger partial charge in [-0.05, 0) is 25.7 Å². The molecular weight excluding hydrogens is 252 g/mol. The van der Waals surface area contributed by atoms with E-state index >= 15 is 0 Å². The van der Waals surface area contributed by atoms with Crippen molar-refractivity contribution in [2.24, 2.45) is 0 Å². The second kappa shape index (κ2) is 8.04. The largest absolute Gasteiger partial charge is 0.343 e. The fraction of sp³-hybridized carbons (Fsp3) is 0.733. The van der Waals surface area contributed by atoms with Crippen molar-refractivity contribution in [3.63, 3.8) is 0 Å². The van der Waals surface area contributed by atoms with Crippen molar-refractivity contribution in [1.82, 2.24) is 19.8 Å². The highest BCUT2D eigenvalue weighted by Gasteiger charge is 2.15. The van der Waals surface area contributed by atoms with E-state index in [9.17, 15) is 4.79 Å². The first kappa shape index (κ1) is 15.0. The van der Waals surface area contributed by atoms with E-state index in [0.717, 1.165) is 57.8 Å². The van der Waals surface area contributed by atoms with Gasteiger partial charge in [-0.1, -0.05) is 6.92 Å². The van der Waals surface area contributed by atoms with Crippen LogP contribution in [-0.4, -0.2) is 40.0 Å². The lowest BCUT2D eigenvalue weighted by atomic mass is 10.1. The summed E-state index contributed by atoms with van der Waals surface area (Å²) in [6.45, 7) is 6.52. The number of aromatic nitrogens is 2. The van der Waals surface area contributed by atoms with Gasteiger partial charge in [-0.25, -0.2) is 4.98 Å². The molecule has 1 aromatic heterocycles. The predicted octanol–water partition coefficient (Wildman–Crippen LogP) is 1.79. The van der Waals surface area contributed by atoms with Crippen molar-refractivity contribution in [3.05, 3.63) is 18.2 Å². The first-order valence-electron chi connectivity index (χ1n) is 7.79. The number of rotatable bonds is 7. The molecule has 5 nitrogen and oxygen atoms in total. The average Bonchev–Trinajstić information content (AvgIpc) is 2.92. The van der Waals surface area contributed by atoms with Crippen LogP contribution < -0.4 is 5.32 Å². The minimum absolute atomic E-state index is 0.286. The van der Waals surface area contributed by atoms with E-state index in [-0.39, 0.29) is 5.91 Å². The molecule has 5 heteroatoms. The van der Waals surface area contributed by atoms with Gasteiger partial charge in [-0.15, -0.1) is 0 Å². The summed E-state index contributed by atoms with van der Waals surface area (Å²) in [5.41, 5.74) is 0. The Kier molecular flexibility index (Phi) is 6.05. The van der Waals surface area contributed by atoms with Gasteiger partial charge in [-0.2, -0.15) is 0 Å². The second-order valence-electron chi connectivity index (χ2n) is 5.41. The lowest BCUT2D eigenvalue weighted by molar-refractivity contribution is -0.131. The van der Waals surface area contributed by atoms with Gasteiger partial charge in [0, 0.05) is 45.0 Å². The van der Waals surface area contributed by atoms with Gasteiger partial charge in [0.2, 0.25) is 5.91 Å². The minimum Gasteiger partial charge on any atom is -0.343 e. The molecule has 0 spiro atoms. The quantitative estimate of drug-likeness (QED) is 0.774. The number of carbonyl (C=O) groups is 1. The molecule has 1 amide bonds. The zero-order valence-corrected chi connectivity index (χ0v) is 12.5. The smallest absolute Gasteiger partial charge is 0.223 e. The summed E-state index contributed by atoms with van der Waals surface area (Å²) < 4.78 is 2.17. The molecule has 1 aliphatic heterocycles. The maximum Gasteiger partial charge on any atom is 0.223 e. The van der Waals surface area contributed by atoms with Crippen molar-refractivity contribution in [2.45, 2.75) is 52.1 Å². The fourth-order valence-electron chi connectivity index (χ4n) is 2.65. The van der Waals surface area contributed by atoms with Crippen LogP contribution in [0.15, 0.2) is 12.4 Å². The average molecular weight is 278 g/mol. The maximum absolute atomic E-state index is 12.0. The van der Waals surface area contributed by atoms with Gasteiger partial charge in [0.15, 0.2) is 0 Å². The molecule has 20 heavy (non-hydrogen) atoms. The normalized spacial score (nSPS) is 15.6. The van der Waals surface area contributed by atoms with E-state index in [2.05, 4.69) is 21.8 Å². The van der Waals surface area contributed by atoms with Crippen LogP contribution in [0, 0.1) is 0 Å². The van der Waals surface area contributed by atoms with Gasteiger partial charge >= 0.3 is 0 Å². The molecule has 0 saturated carbocycles. The number of piperidine rings is 1. The number of carbonyl (C=O) groups excluding carboxylic acids is 1. The zero-order valence-electron chi connectivity index (χ0n) is 12.5. The van der Waals surface area contributed by atoms with Gasteiger partial charge in [0.25, 0.3) is 0 Å². The van der Waals surface area contributed by atoms with Crippen molar-refractivity contribution >= 4 is 5.91 Å². The third-order valence-electron chi connectivity index (χ3n) is 3.77. The highest BCUT2D eigenvalue weighted by Crippen LogP contribution is 2.09. The SMILES string of the molecule is CCCn1ccnc1CNCCC(=O)N1CCCCC1. The molecule has 0 atom stereocenters. The summed E-state index contributed by atoms with van der Waals surface area (Å²) >= 11 is 0. The number of aryl methyl sites for hydroxylation is 1. The standard InChI is InChI=1S/C15H26N4O/c1-2-9-18-12-8-17-14(18)13-16-7-6-15(20)19-10-4-3-5-11-19/h8,12,16H,2-7,9-11,13H2,1H3. The second-order valence-corrected chi connectivity index (χ2v) is 5.41. The van der Waals surface area contributed by atoms with E-state index in [4.69, 9.17) is 0 Å². The molecule has 1 fully saturated rings. The molecular formula is C15H26N4O. The molecule has 1 saturated heterocycles. The third-order valence-corrected chi connectivity index (χ3v) is 3.77. The van der Waals surface area contributed by atoms with Crippen LogP contribution in [0.1, 0.15) is 44.9 Å². The Morgan fingerprint density at radius 2 is 2.15 bits per heavy atom. The van der Waals surface area contributed by atoms with E-state index in [1.54, 1.807) is 0 Å². The minimum atomic E-state index is 0.286. The fourth-order valence-corrected chi connectivity index (χ4v) is 2.65. The third kappa shape index (κ3) is 4.34. The maximum atomic E-state index is 12.0. The Morgan fingerprint density at radius 1 is 1.35 bits per heavy atom. The molecule has 1 N–H and O–H groups in total. The van der Waals surface area contributed by atoms with Gasteiger partial charge in [0.1, 0.15) is 5.82 Å². The number of nitrogens with one attached hydrogen (secondary N) is 1. The van der Waals surface area contributed by atoms with Crippen molar-refractivity contribution in [1.29, 1.82) is 0 Å². The van der Waals surface area contributed by atoms with Gasteiger partial charge in [0.05, 0.1) is 6.54 Å². The van der Waals surface area contributed by atoms with Crippen LogP contribution in [0.25, 0.3) is 0 Å². The summed E-state index contributed by atoms with van der Waals surface area (Å²) in [6, 6.07) is 0. The number of amides is 1. The first-order chi connectivity index (χ1) is 9.81. The van der Waals surface area contributed by atoms with Crippen LogP contribution in [0.3, 0.4) is 0 Å². The van der Waals surface area contributed by atoms with Crippen LogP contribution in [0.2, 0.25) is 0 Å². The topological polar surface area (TPSA) is 50.2 Å². The van der Waals surface area contributed by atoms with Crippen LogP contribution in [0.4, 0.5) is 0 Å². The summed E-state index contributed by atoms with van der Waals surface area (Å²) in [7, 11) is 0. The van der Waals surface area contributed by atoms with E-state index in [0.29, 0.717) is 6.42 Å². The van der Waals surface area contributed by atoms with E-state index in [1.807, 2.05) is 17.3 Å². The number of nitrogens with zero attached hydrogens (tertiary/aromatic N) is 3. The molecule has 2 heterocycles. The highest BCUT2D eigenvalue weighted by molar-refractivity contribution is 5.76. The number of hydrogen-bond donors (Lipinski definition) is 1. The molecule has 1 aliphatic rings. The lowest BCUT2D eigenvalue weighted by Gasteiger charge is -2.26. The molecule has 0 aromatic carbocycles. The Bertz CT molecular complexity index is 410. The summed E-state index contributed by atoms with van der Waals surface area (Å²) in [5.74, 6) is 1.34. The predicted molar refractivity (Wildman–Crippen MR) is 79.3 cm³/mol. The molecule has 0 radical (unpaired) electrons. The monoisotopic (exact) mass is 278 g/mol.